The van der Waals surface area contributed by atoms with Crippen LogP contribution in [0.2, 0.25) is 0 Å². The minimum absolute atomic E-state index is 0.168. The van der Waals surface area contributed by atoms with Gasteiger partial charge in [-0.1, -0.05) is 47.5 Å². The second-order valence-electron chi connectivity index (χ2n) is 8.34. The molecule has 0 amide bonds. The largest absolute Gasteiger partial charge is 0.466 e. The molecule has 0 N–H and O–H groups in total. The van der Waals surface area contributed by atoms with E-state index in [0.29, 0.717) is 19.6 Å². The summed E-state index contributed by atoms with van der Waals surface area (Å²) in [6, 6.07) is 14.7. The third-order valence-corrected chi connectivity index (χ3v) is 7.74. The quantitative estimate of drug-likeness (QED) is 0.614. The van der Waals surface area contributed by atoms with Crippen LogP contribution in [0.1, 0.15) is 30.0 Å². The maximum atomic E-state index is 13.6. The van der Waals surface area contributed by atoms with Gasteiger partial charge in [-0.2, -0.15) is 4.31 Å². The first-order valence-corrected chi connectivity index (χ1v) is 12.1. The minimum Gasteiger partial charge on any atom is -0.466 e. The Morgan fingerprint density at radius 3 is 2.39 bits per heavy atom. The number of likely N-dealkylation sites (N-methyl/N-ethyl adjacent to an activating group) is 1. The van der Waals surface area contributed by atoms with E-state index in [0.717, 1.165) is 16.7 Å². The topological polar surface area (TPSA) is 66.9 Å². The van der Waals surface area contributed by atoms with Gasteiger partial charge < -0.3 is 4.74 Å². The van der Waals surface area contributed by atoms with Gasteiger partial charge in [-0.05, 0) is 51.9 Å². The van der Waals surface area contributed by atoms with Gasteiger partial charge >= 0.3 is 5.97 Å². The Hall–Kier alpha value is -2.22. The molecule has 6 nitrogen and oxygen atoms in total. The van der Waals surface area contributed by atoms with E-state index in [-0.39, 0.29) is 35.9 Å². The standard InChI is InChI=1S/C24H32N2O4S/c1-5-30-24(27)15-21-17-26(31(28,29)23-11-9-18(2)10-12-23)22(16-25(21)4)14-20-8-6-7-19(3)13-20/h6-13,21-22H,5,14-17H2,1-4H3/t21-,22-/m0/s1. The zero-order valence-corrected chi connectivity index (χ0v) is 19.6. The first-order chi connectivity index (χ1) is 14.7. The number of carbonyl (C=O) groups is 1. The smallest absolute Gasteiger partial charge is 0.307 e. The molecule has 0 spiro atoms. The Morgan fingerprint density at radius 2 is 1.74 bits per heavy atom. The lowest BCUT2D eigenvalue weighted by Crippen LogP contribution is -2.59. The van der Waals surface area contributed by atoms with Crippen molar-refractivity contribution in [2.45, 2.75) is 50.6 Å². The predicted octanol–water partition coefficient (Wildman–Crippen LogP) is 3.17. The molecule has 0 radical (unpaired) electrons. The number of benzene rings is 2. The van der Waals surface area contributed by atoms with Crippen molar-refractivity contribution in [3.8, 4) is 0 Å². The van der Waals surface area contributed by atoms with Gasteiger partial charge in [0.05, 0.1) is 17.9 Å². The average molecular weight is 445 g/mol. The third-order valence-electron chi connectivity index (χ3n) is 5.81. The van der Waals surface area contributed by atoms with Crippen LogP contribution in [-0.2, 0) is 26.0 Å². The van der Waals surface area contributed by atoms with Crippen LogP contribution in [0.25, 0.3) is 0 Å². The van der Waals surface area contributed by atoms with Crippen LogP contribution >= 0.6 is 0 Å². The first-order valence-electron chi connectivity index (χ1n) is 10.7. The number of ether oxygens (including phenoxy) is 1. The van der Waals surface area contributed by atoms with E-state index in [1.54, 1.807) is 23.4 Å². The fraction of sp³-hybridized carbons (Fsp3) is 0.458. The Bertz CT molecular complexity index is 1000. The highest BCUT2D eigenvalue weighted by Gasteiger charge is 2.40. The molecule has 0 saturated carbocycles. The number of sulfonamides is 1. The maximum Gasteiger partial charge on any atom is 0.307 e. The minimum atomic E-state index is -3.71. The molecule has 0 aromatic heterocycles. The van der Waals surface area contributed by atoms with E-state index < -0.39 is 10.0 Å². The molecule has 2 atom stereocenters. The number of hydrogen-bond acceptors (Lipinski definition) is 5. The van der Waals surface area contributed by atoms with Crippen molar-refractivity contribution in [1.29, 1.82) is 0 Å². The predicted molar refractivity (Wildman–Crippen MR) is 121 cm³/mol. The molecule has 2 aromatic carbocycles. The Balaban J connectivity index is 1.92. The SMILES string of the molecule is CCOC(=O)C[C@H]1CN(S(=O)(=O)c2ccc(C)cc2)[C@@H](Cc2cccc(C)c2)CN1C. The number of rotatable bonds is 7. The second kappa shape index (κ2) is 9.94. The molecule has 1 saturated heterocycles. The van der Waals surface area contributed by atoms with Crippen LogP contribution in [0.3, 0.4) is 0 Å². The van der Waals surface area contributed by atoms with E-state index >= 15 is 0 Å². The molecule has 3 rings (SSSR count). The van der Waals surface area contributed by atoms with Crippen LogP contribution in [0, 0.1) is 13.8 Å². The van der Waals surface area contributed by atoms with Crippen LogP contribution < -0.4 is 0 Å². The van der Waals surface area contributed by atoms with Gasteiger partial charge in [-0.15, -0.1) is 0 Å². The molecule has 1 aliphatic rings. The maximum absolute atomic E-state index is 13.6. The van der Waals surface area contributed by atoms with Gasteiger partial charge in [0.1, 0.15) is 0 Å². The van der Waals surface area contributed by atoms with E-state index in [9.17, 15) is 13.2 Å². The second-order valence-corrected chi connectivity index (χ2v) is 10.2. The molecule has 31 heavy (non-hydrogen) atoms. The van der Waals surface area contributed by atoms with Crippen molar-refractivity contribution in [3.05, 3.63) is 65.2 Å². The highest BCUT2D eigenvalue weighted by atomic mass is 32.2. The van der Waals surface area contributed by atoms with E-state index in [1.807, 2.05) is 51.2 Å². The summed E-state index contributed by atoms with van der Waals surface area (Å²) in [7, 11) is -1.76. The Morgan fingerprint density at radius 1 is 1.03 bits per heavy atom. The summed E-state index contributed by atoms with van der Waals surface area (Å²) in [5, 5.41) is 0. The normalized spacial score (nSPS) is 20.5. The lowest BCUT2D eigenvalue weighted by molar-refractivity contribution is -0.145. The lowest BCUT2D eigenvalue weighted by Gasteiger charge is -2.44. The van der Waals surface area contributed by atoms with Gasteiger partial charge in [-0.3, -0.25) is 9.69 Å². The van der Waals surface area contributed by atoms with E-state index in [4.69, 9.17) is 4.74 Å². The number of aryl methyl sites for hydroxylation is 2. The number of carbonyl (C=O) groups excluding carboxylic acids is 1. The van der Waals surface area contributed by atoms with Crippen molar-refractivity contribution in [1.82, 2.24) is 9.21 Å². The Labute approximate surface area is 185 Å². The van der Waals surface area contributed by atoms with Crippen molar-refractivity contribution in [2.75, 3.05) is 26.7 Å². The molecule has 0 aliphatic carbocycles. The molecule has 0 bridgehead atoms. The summed E-state index contributed by atoms with van der Waals surface area (Å²) >= 11 is 0. The number of piperazine rings is 1. The zero-order valence-electron chi connectivity index (χ0n) is 18.7. The fourth-order valence-electron chi connectivity index (χ4n) is 4.12. The summed E-state index contributed by atoms with van der Waals surface area (Å²) in [6.07, 6.45) is 0.782. The van der Waals surface area contributed by atoms with E-state index in [1.165, 1.54) is 0 Å². The molecule has 1 fully saturated rings. The zero-order chi connectivity index (χ0) is 22.6. The third kappa shape index (κ3) is 5.73. The van der Waals surface area contributed by atoms with Gasteiger partial charge in [0, 0.05) is 25.2 Å². The molecule has 0 unspecified atom stereocenters. The monoisotopic (exact) mass is 444 g/mol. The number of hydrogen-bond donors (Lipinski definition) is 0. The van der Waals surface area contributed by atoms with Gasteiger partial charge in [0.15, 0.2) is 0 Å². The van der Waals surface area contributed by atoms with Gasteiger partial charge in [0.2, 0.25) is 10.0 Å². The van der Waals surface area contributed by atoms with Crippen LogP contribution in [0.5, 0.6) is 0 Å². The van der Waals surface area contributed by atoms with Gasteiger partial charge in [-0.25, -0.2) is 8.42 Å². The molecule has 1 aliphatic heterocycles. The fourth-order valence-corrected chi connectivity index (χ4v) is 5.77. The summed E-state index contributed by atoms with van der Waals surface area (Å²) in [5.74, 6) is -0.302. The molecule has 1 heterocycles. The van der Waals surface area contributed by atoms with E-state index in [2.05, 4.69) is 11.0 Å². The van der Waals surface area contributed by atoms with Gasteiger partial charge in [0.25, 0.3) is 0 Å². The molecule has 7 heteroatoms. The summed E-state index contributed by atoms with van der Waals surface area (Å²) in [4.78, 5) is 14.5. The summed E-state index contributed by atoms with van der Waals surface area (Å²) in [6.45, 7) is 6.85. The number of esters is 1. The highest BCUT2D eigenvalue weighted by molar-refractivity contribution is 7.89. The van der Waals surface area contributed by atoms with Crippen molar-refractivity contribution >= 4 is 16.0 Å². The first kappa shape index (κ1) is 23.4. The van der Waals surface area contributed by atoms with Crippen molar-refractivity contribution in [2.24, 2.45) is 0 Å². The Kier molecular flexibility index (Phi) is 7.51. The van der Waals surface area contributed by atoms with Crippen LogP contribution in [0.4, 0.5) is 0 Å². The molecule has 168 valence electrons. The molecular weight excluding hydrogens is 412 g/mol. The number of nitrogens with zero attached hydrogens (tertiary/aromatic N) is 2. The average Bonchev–Trinajstić information content (AvgIpc) is 2.70. The molecular formula is C24H32N2O4S. The van der Waals surface area contributed by atoms with Crippen molar-refractivity contribution in [3.63, 3.8) is 0 Å². The highest BCUT2D eigenvalue weighted by Crippen LogP contribution is 2.27. The van der Waals surface area contributed by atoms with Crippen LogP contribution in [-0.4, -0.2) is 62.4 Å². The summed E-state index contributed by atoms with van der Waals surface area (Å²) in [5.41, 5.74) is 3.26. The van der Waals surface area contributed by atoms with Crippen LogP contribution in [0.15, 0.2) is 53.4 Å². The molecule has 2 aromatic rings. The summed E-state index contributed by atoms with van der Waals surface area (Å²) < 4.78 is 33.9. The lowest BCUT2D eigenvalue weighted by atomic mass is 10.00. The van der Waals surface area contributed by atoms with Crippen molar-refractivity contribution < 1.29 is 17.9 Å².